The number of likely N-dealkylation sites (N-methyl/N-ethyl adjacent to an activating group) is 1. The zero-order valence-electron chi connectivity index (χ0n) is 20.2. The minimum Gasteiger partial charge on any atom is -0.463 e. The van der Waals surface area contributed by atoms with E-state index < -0.39 is 17.8 Å². The molecule has 1 saturated heterocycles. The molecule has 1 fully saturated rings. The van der Waals surface area contributed by atoms with E-state index in [1.165, 1.54) is 17.0 Å². The van der Waals surface area contributed by atoms with Crippen LogP contribution in [0, 0.1) is 5.82 Å². The standard InChI is InChI=1S/C26H28ClFN4O4/c1-3-36-25(34)22-21(30(2)26(35)29-23(22)17-8-4-6-10-19(17)27)16-31-12-14-32(15-13-31)24(33)18-9-5-7-11-20(18)28/h4-11,23H,3,12-16H2,1-2H3,(H,29,35)/t23-/m1/s1. The fourth-order valence-electron chi connectivity index (χ4n) is 4.47. The number of nitrogens with zero attached hydrogens (tertiary/aromatic N) is 3. The van der Waals surface area contributed by atoms with Crippen LogP contribution < -0.4 is 5.32 Å². The third-order valence-corrected chi connectivity index (χ3v) is 6.77. The van der Waals surface area contributed by atoms with Crippen LogP contribution in [0.25, 0.3) is 0 Å². The number of carbonyl (C=O) groups excluding carboxylic acids is 3. The van der Waals surface area contributed by atoms with Gasteiger partial charge in [-0.1, -0.05) is 41.9 Å². The largest absolute Gasteiger partial charge is 0.463 e. The number of benzene rings is 2. The smallest absolute Gasteiger partial charge is 0.338 e. The minimum atomic E-state index is -0.764. The molecular formula is C26H28ClFN4O4. The molecule has 36 heavy (non-hydrogen) atoms. The first kappa shape index (κ1) is 25.7. The van der Waals surface area contributed by atoms with Gasteiger partial charge in [0, 0.05) is 50.5 Å². The Labute approximate surface area is 214 Å². The predicted molar refractivity (Wildman–Crippen MR) is 133 cm³/mol. The zero-order chi connectivity index (χ0) is 25.8. The van der Waals surface area contributed by atoms with E-state index in [0.29, 0.717) is 54.6 Å². The van der Waals surface area contributed by atoms with E-state index in [0.717, 1.165) is 0 Å². The topological polar surface area (TPSA) is 82.2 Å². The van der Waals surface area contributed by atoms with Crippen LogP contribution in [0.15, 0.2) is 59.8 Å². The number of rotatable bonds is 6. The van der Waals surface area contributed by atoms with Crippen molar-refractivity contribution in [1.82, 2.24) is 20.0 Å². The fourth-order valence-corrected chi connectivity index (χ4v) is 4.71. The van der Waals surface area contributed by atoms with E-state index in [-0.39, 0.29) is 24.1 Å². The van der Waals surface area contributed by atoms with E-state index >= 15 is 0 Å². The number of carbonyl (C=O) groups is 3. The van der Waals surface area contributed by atoms with Gasteiger partial charge in [-0.15, -0.1) is 0 Å². The normalized spacial score (nSPS) is 18.8. The predicted octanol–water partition coefficient (Wildman–Crippen LogP) is 3.45. The highest BCUT2D eigenvalue weighted by Gasteiger charge is 2.38. The number of nitrogens with one attached hydrogen (secondary N) is 1. The SMILES string of the molecule is CCOC(=O)C1=C(CN2CCN(C(=O)c3ccccc3F)CC2)N(C)C(=O)N[C@@H]1c1ccccc1Cl. The first-order valence-electron chi connectivity index (χ1n) is 11.8. The molecule has 1 atom stereocenters. The molecule has 1 N–H and O–H groups in total. The Balaban J connectivity index is 1.58. The highest BCUT2D eigenvalue weighted by atomic mass is 35.5. The van der Waals surface area contributed by atoms with Crippen molar-refractivity contribution >= 4 is 29.5 Å². The molecule has 4 rings (SSSR count). The molecule has 8 nitrogen and oxygen atoms in total. The average Bonchev–Trinajstić information content (AvgIpc) is 2.87. The molecule has 0 unspecified atom stereocenters. The summed E-state index contributed by atoms with van der Waals surface area (Å²) in [5.74, 6) is -1.43. The lowest BCUT2D eigenvalue weighted by atomic mass is 9.94. The second-order valence-electron chi connectivity index (χ2n) is 8.59. The molecule has 0 aliphatic carbocycles. The van der Waals surface area contributed by atoms with Crippen molar-refractivity contribution in [2.45, 2.75) is 13.0 Å². The van der Waals surface area contributed by atoms with Crippen molar-refractivity contribution in [2.75, 3.05) is 46.4 Å². The molecule has 190 valence electrons. The summed E-state index contributed by atoms with van der Waals surface area (Å²) in [4.78, 5) is 43.9. The summed E-state index contributed by atoms with van der Waals surface area (Å²) < 4.78 is 19.4. The number of amides is 3. The highest BCUT2D eigenvalue weighted by molar-refractivity contribution is 6.31. The maximum atomic E-state index is 14.1. The van der Waals surface area contributed by atoms with Gasteiger partial charge in [-0.05, 0) is 30.7 Å². The molecule has 2 aliphatic rings. The van der Waals surface area contributed by atoms with Crippen LogP contribution in [-0.2, 0) is 9.53 Å². The van der Waals surface area contributed by atoms with Crippen molar-refractivity contribution in [3.63, 3.8) is 0 Å². The molecule has 2 aromatic rings. The molecule has 0 spiro atoms. The molecule has 0 radical (unpaired) electrons. The van der Waals surface area contributed by atoms with E-state index in [2.05, 4.69) is 10.2 Å². The lowest BCUT2D eigenvalue weighted by Gasteiger charge is -2.39. The van der Waals surface area contributed by atoms with Gasteiger partial charge in [-0.25, -0.2) is 14.0 Å². The molecule has 2 heterocycles. The molecule has 0 bridgehead atoms. The van der Waals surface area contributed by atoms with Crippen LogP contribution in [-0.4, -0.2) is 79.0 Å². The van der Waals surface area contributed by atoms with Crippen molar-refractivity contribution in [3.05, 3.63) is 81.8 Å². The van der Waals surface area contributed by atoms with Crippen LogP contribution in [0.3, 0.4) is 0 Å². The molecule has 2 aliphatic heterocycles. The molecule has 0 saturated carbocycles. The number of esters is 1. The second-order valence-corrected chi connectivity index (χ2v) is 9.00. The Kier molecular flexibility index (Phi) is 7.91. The monoisotopic (exact) mass is 514 g/mol. The Morgan fingerprint density at radius 2 is 1.75 bits per heavy atom. The first-order valence-corrected chi connectivity index (χ1v) is 12.1. The Hall–Kier alpha value is -3.43. The van der Waals surface area contributed by atoms with E-state index in [9.17, 15) is 18.8 Å². The number of urea groups is 1. The van der Waals surface area contributed by atoms with Gasteiger partial charge in [0.15, 0.2) is 0 Å². The number of hydrogen-bond donors (Lipinski definition) is 1. The molecule has 2 aromatic carbocycles. The van der Waals surface area contributed by atoms with E-state index in [4.69, 9.17) is 16.3 Å². The van der Waals surface area contributed by atoms with Crippen molar-refractivity contribution < 1.29 is 23.5 Å². The van der Waals surface area contributed by atoms with Gasteiger partial charge in [0.2, 0.25) is 0 Å². The fraction of sp³-hybridized carbons (Fsp3) is 0.346. The average molecular weight is 515 g/mol. The minimum absolute atomic E-state index is 0.0459. The van der Waals surface area contributed by atoms with Crippen LogP contribution in [0.1, 0.15) is 28.9 Å². The van der Waals surface area contributed by atoms with Crippen LogP contribution in [0.2, 0.25) is 5.02 Å². The van der Waals surface area contributed by atoms with Gasteiger partial charge < -0.3 is 15.0 Å². The molecule has 10 heteroatoms. The van der Waals surface area contributed by atoms with Gasteiger partial charge in [0.05, 0.1) is 23.8 Å². The first-order chi connectivity index (χ1) is 17.3. The van der Waals surface area contributed by atoms with Crippen LogP contribution in [0.5, 0.6) is 0 Å². The van der Waals surface area contributed by atoms with Crippen LogP contribution in [0.4, 0.5) is 9.18 Å². The summed E-state index contributed by atoms with van der Waals surface area (Å²) in [6, 6.07) is 11.8. The summed E-state index contributed by atoms with van der Waals surface area (Å²) in [5.41, 5.74) is 1.47. The van der Waals surface area contributed by atoms with E-state index in [1.54, 1.807) is 55.3 Å². The third kappa shape index (κ3) is 5.22. The van der Waals surface area contributed by atoms with Gasteiger partial charge in [0.1, 0.15) is 5.82 Å². The Morgan fingerprint density at radius 1 is 1.08 bits per heavy atom. The summed E-state index contributed by atoms with van der Waals surface area (Å²) in [5, 5.41) is 3.29. The van der Waals surface area contributed by atoms with Crippen molar-refractivity contribution in [2.24, 2.45) is 0 Å². The quantitative estimate of drug-likeness (QED) is 0.597. The highest BCUT2D eigenvalue weighted by Crippen LogP contribution is 2.34. The van der Waals surface area contributed by atoms with Gasteiger partial charge in [0.25, 0.3) is 5.91 Å². The number of hydrogen-bond acceptors (Lipinski definition) is 5. The Morgan fingerprint density at radius 3 is 2.42 bits per heavy atom. The number of ether oxygens (including phenoxy) is 1. The van der Waals surface area contributed by atoms with E-state index in [1.807, 2.05) is 0 Å². The second kappa shape index (κ2) is 11.1. The summed E-state index contributed by atoms with van der Waals surface area (Å²) in [6.45, 7) is 3.95. The number of piperazine rings is 1. The van der Waals surface area contributed by atoms with Crippen molar-refractivity contribution in [1.29, 1.82) is 0 Å². The maximum absolute atomic E-state index is 14.1. The van der Waals surface area contributed by atoms with Gasteiger partial charge in [-0.2, -0.15) is 0 Å². The summed E-state index contributed by atoms with van der Waals surface area (Å²) in [7, 11) is 1.60. The van der Waals surface area contributed by atoms with Gasteiger partial charge >= 0.3 is 12.0 Å². The Bertz CT molecular complexity index is 1200. The number of halogens is 2. The summed E-state index contributed by atoms with van der Waals surface area (Å²) >= 11 is 6.42. The molecular weight excluding hydrogens is 487 g/mol. The third-order valence-electron chi connectivity index (χ3n) is 6.43. The van der Waals surface area contributed by atoms with Crippen molar-refractivity contribution in [3.8, 4) is 0 Å². The lowest BCUT2D eigenvalue weighted by molar-refractivity contribution is -0.139. The maximum Gasteiger partial charge on any atom is 0.338 e. The molecule has 3 amide bonds. The van der Waals surface area contributed by atoms with Gasteiger partial charge in [-0.3, -0.25) is 14.6 Å². The zero-order valence-corrected chi connectivity index (χ0v) is 20.9. The summed E-state index contributed by atoms with van der Waals surface area (Å²) in [6.07, 6.45) is 0. The van der Waals surface area contributed by atoms with Crippen LogP contribution >= 0.6 is 11.6 Å². The lowest BCUT2D eigenvalue weighted by Crippen LogP contribution is -2.53. The molecule has 0 aromatic heterocycles.